The van der Waals surface area contributed by atoms with Gasteiger partial charge in [-0.3, -0.25) is 4.79 Å². The molecular weight excluding hydrogens is 238 g/mol. The van der Waals surface area contributed by atoms with Crippen LogP contribution in [0.5, 0.6) is 0 Å². The zero-order valence-electron chi connectivity index (χ0n) is 12.0. The van der Waals surface area contributed by atoms with Crippen LogP contribution in [0.25, 0.3) is 11.0 Å². The number of hydrogen-bond acceptors (Lipinski definition) is 3. The third-order valence-corrected chi connectivity index (χ3v) is 3.01. The van der Waals surface area contributed by atoms with Gasteiger partial charge in [-0.15, -0.1) is 0 Å². The molecule has 0 saturated heterocycles. The zero-order valence-corrected chi connectivity index (χ0v) is 12.0. The van der Waals surface area contributed by atoms with E-state index < -0.39 is 0 Å². The fourth-order valence-electron chi connectivity index (χ4n) is 2.08. The van der Waals surface area contributed by atoms with Crippen LogP contribution >= 0.6 is 0 Å². The van der Waals surface area contributed by atoms with Crippen LogP contribution in [-0.2, 0) is 6.54 Å². The standard InChI is InChI=1S/C15H21N3O/c1-11-14(19)18(10-9-16-15(2,3)4)13-8-6-5-7-12(13)17-11/h5-8,16H,9-10H2,1-4H3. The average Bonchev–Trinajstić information content (AvgIpc) is 2.32. The average molecular weight is 259 g/mol. The second-order valence-corrected chi connectivity index (χ2v) is 5.82. The summed E-state index contributed by atoms with van der Waals surface area (Å²) in [6.45, 7) is 9.53. The lowest BCUT2D eigenvalue weighted by atomic mass is 10.1. The Hall–Kier alpha value is -1.68. The summed E-state index contributed by atoms with van der Waals surface area (Å²) in [5.74, 6) is 0. The van der Waals surface area contributed by atoms with E-state index in [1.54, 1.807) is 11.5 Å². The molecule has 0 atom stereocenters. The smallest absolute Gasteiger partial charge is 0.272 e. The van der Waals surface area contributed by atoms with Crippen LogP contribution in [0.15, 0.2) is 29.1 Å². The van der Waals surface area contributed by atoms with Crippen molar-refractivity contribution >= 4 is 11.0 Å². The summed E-state index contributed by atoms with van der Waals surface area (Å²) < 4.78 is 1.80. The molecule has 0 aliphatic carbocycles. The van der Waals surface area contributed by atoms with Crippen LogP contribution in [0.2, 0.25) is 0 Å². The number of hydrogen-bond donors (Lipinski definition) is 1. The van der Waals surface area contributed by atoms with Crippen molar-refractivity contribution in [1.29, 1.82) is 0 Å². The van der Waals surface area contributed by atoms with Gasteiger partial charge < -0.3 is 9.88 Å². The van der Waals surface area contributed by atoms with Crippen LogP contribution in [0.1, 0.15) is 26.5 Å². The number of rotatable bonds is 3. The van der Waals surface area contributed by atoms with Crippen molar-refractivity contribution in [1.82, 2.24) is 14.9 Å². The van der Waals surface area contributed by atoms with Crippen LogP contribution in [0.3, 0.4) is 0 Å². The molecule has 4 nitrogen and oxygen atoms in total. The molecule has 0 radical (unpaired) electrons. The van der Waals surface area contributed by atoms with Crippen LogP contribution < -0.4 is 10.9 Å². The first-order chi connectivity index (χ1) is 8.88. The Morgan fingerprint density at radius 2 is 1.95 bits per heavy atom. The van der Waals surface area contributed by atoms with Crippen LogP contribution in [-0.4, -0.2) is 21.6 Å². The number of nitrogens with one attached hydrogen (secondary N) is 1. The summed E-state index contributed by atoms with van der Waals surface area (Å²) in [4.78, 5) is 16.5. The quantitative estimate of drug-likeness (QED) is 0.918. The summed E-state index contributed by atoms with van der Waals surface area (Å²) in [5.41, 5.74) is 2.37. The Kier molecular flexibility index (Phi) is 3.71. The van der Waals surface area contributed by atoms with Gasteiger partial charge in [0, 0.05) is 18.6 Å². The number of para-hydroxylation sites is 2. The Labute approximate surface area is 113 Å². The molecule has 1 aromatic carbocycles. The molecule has 1 N–H and O–H groups in total. The van der Waals surface area contributed by atoms with Crippen LogP contribution in [0, 0.1) is 6.92 Å². The van der Waals surface area contributed by atoms with Crippen molar-refractivity contribution < 1.29 is 0 Å². The van der Waals surface area contributed by atoms with E-state index in [0.29, 0.717) is 12.2 Å². The van der Waals surface area contributed by atoms with E-state index in [2.05, 4.69) is 31.1 Å². The molecule has 0 saturated carbocycles. The minimum Gasteiger partial charge on any atom is -0.310 e. The van der Waals surface area contributed by atoms with Gasteiger partial charge in [0.05, 0.1) is 11.0 Å². The van der Waals surface area contributed by atoms with E-state index in [9.17, 15) is 4.79 Å². The van der Waals surface area contributed by atoms with Crippen molar-refractivity contribution in [2.75, 3.05) is 6.54 Å². The molecule has 0 fully saturated rings. The van der Waals surface area contributed by atoms with Crippen LogP contribution in [0.4, 0.5) is 0 Å². The Balaban J connectivity index is 2.36. The molecule has 4 heteroatoms. The lowest BCUT2D eigenvalue weighted by Gasteiger charge is -2.21. The monoisotopic (exact) mass is 259 g/mol. The van der Waals surface area contributed by atoms with Crippen molar-refractivity contribution in [3.05, 3.63) is 40.3 Å². The normalized spacial score (nSPS) is 12.0. The van der Waals surface area contributed by atoms with Gasteiger partial charge >= 0.3 is 0 Å². The molecule has 0 amide bonds. The predicted octanol–water partition coefficient (Wildman–Crippen LogP) is 2.09. The molecule has 0 aliphatic heterocycles. The molecule has 2 rings (SSSR count). The van der Waals surface area contributed by atoms with Gasteiger partial charge in [-0.05, 0) is 39.8 Å². The van der Waals surface area contributed by atoms with E-state index in [-0.39, 0.29) is 11.1 Å². The molecule has 19 heavy (non-hydrogen) atoms. The molecule has 2 aromatic rings. The maximum atomic E-state index is 12.2. The summed E-state index contributed by atoms with van der Waals surface area (Å²) in [5, 5.41) is 3.40. The highest BCUT2D eigenvalue weighted by atomic mass is 16.1. The highest BCUT2D eigenvalue weighted by Crippen LogP contribution is 2.09. The highest BCUT2D eigenvalue weighted by Gasteiger charge is 2.10. The maximum absolute atomic E-state index is 12.2. The largest absolute Gasteiger partial charge is 0.310 e. The highest BCUT2D eigenvalue weighted by molar-refractivity contribution is 5.74. The van der Waals surface area contributed by atoms with E-state index in [0.717, 1.165) is 17.6 Å². The van der Waals surface area contributed by atoms with Gasteiger partial charge in [0.2, 0.25) is 0 Å². The molecule has 0 unspecified atom stereocenters. The number of aryl methyl sites for hydroxylation is 1. The fourth-order valence-corrected chi connectivity index (χ4v) is 2.08. The first-order valence-corrected chi connectivity index (χ1v) is 6.60. The molecule has 0 bridgehead atoms. The topological polar surface area (TPSA) is 46.9 Å². The Bertz CT molecular complexity index is 638. The van der Waals surface area contributed by atoms with E-state index in [1.165, 1.54) is 0 Å². The number of fused-ring (bicyclic) bond motifs is 1. The minimum absolute atomic E-state index is 0.00518. The van der Waals surface area contributed by atoms with Gasteiger partial charge in [-0.25, -0.2) is 4.98 Å². The molecular formula is C15H21N3O. The van der Waals surface area contributed by atoms with E-state index >= 15 is 0 Å². The minimum atomic E-state index is -0.00518. The first kappa shape index (κ1) is 13.7. The van der Waals surface area contributed by atoms with Gasteiger partial charge in [0.1, 0.15) is 5.69 Å². The van der Waals surface area contributed by atoms with Crippen molar-refractivity contribution in [3.8, 4) is 0 Å². The predicted molar refractivity (Wildman–Crippen MR) is 78.5 cm³/mol. The van der Waals surface area contributed by atoms with Crippen molar-refractivity contribution in [2.24, 2.45) is 0 Å². The first-order valence-electron chi connectivity index (χ1n) is 6.60. The Morgan fingerprint density at radius 1 is 1.26 bits per heavy atom. The number of benzene rings is 1. The molecule has 0 aliphatic rings. The fraction of sp³-hybridized carbons (Fsp3) is 0.467. The van der Waals surface area contributed by atoms with Gasteiger partial charge in [-0.2, -0.15) is 0 Å². The Morgan fingerprint density at radius 3 is 2.63 bits per heavy atom. The second kappa shape index (κ2) is 5.13. The third-order valence-electron chi connectivity index (χ3n) is 3.01. The third kappa shape index (κ3) is 3.20. The van der Waals surface area contributed by atoms with Gasteiger partial charge in [0.25, 0.3) is 5.56 Å². The van der Waals surface area contributed by atoms with Gasteiger partial charge in [-0.1, -0.05) is 12.1 Å². The van der Waals surface area contributed by atoms with Crippen molar-refractivity contribution in [3.63, 3.8) is 0 Å². The molecule has 0 spiro atoms. The lowest BCUT2D eigenvalue weighted by Crippen LogP contribution is -2.39. The molecule has 1 heterocycles. The van der Waals surface area contributed by atoms with E-state index in [1.807, 2.05) is 24.3 Å². The molecule has 1 aromatic heterocycles. The summed E-state index contributed by atoms with van der Waals surface area (Å²) in [6, 6.07) is 7.76. The summed E-state index contributed by atoms with van der Waals surface area (Å²) in [7, 11) is 0. The molecule has 102 valence electrons. The van der Waals surface area contributed by atoms with E-state index in [4.69, 9.17) is 0 Å². The zero-order chi connectivity index (χ0) is 14.0. The SMILES string of the molecule is Cc1nc2ccccc2n(CCNC(C)(C)C)c1=O. The van der Waals surface area contributed by atoms with Crippen molar-refractivity contribution in [2.45, 2.75) is 39.8 Å². The second-order valence-electron chi connectivity index (χ2n) is 5.82. The number of nitrogens with zero attached hydrogens (tertiary/aromatic N) is 2. The lowest BCUT2D eigenvalue weighted by molar-refractivity contribution is 0.412. The summed E-state index contributed by atoms with van der Waals surface area (Å²) in [6.07, 6.45) is 0. The number of aromatic nitrogens is 2. The van der Waals surface area contributed by atoms with Gasteiger partial charge in [0.15, 0.2) is 0 Å². The summed E-state index contributed by atoms with van der Waals surface area (Å²) >= 11 is 0. The maximum Gasteiger partial charge on any atom is 0.272 e.